The highest BCUT2D eigenvalue weighted by molar-refractivity contribution is 9.10. The van der Waals surface area contributed by atoms with E-state index in [0.717, 1.165) is 21.3 Å². The van der Waals surface area contributed by atoms with Gasteiger partial charge in [0.2, 0.25) is 5.75 Å². The summed E-state index contributed by atoms with van der Waals surface area (Å²) < 4.78 is 6.41. The normalized spacial score (nSPS) is 10.5. The van der Waals surface area contributed by atoms with E-state index in [1.165, 1.54) is 17.4 Å². The third kappa shape index (κ3) is 4.73. The van der Waals surface area contributed by atoms with Gasteiger partial charge in [0.25, 0.3) is 5.91 Å². The number of halogens is 1. The van der Waals surface area contributed by atoms with E-state index < -0.39 is 10.8 Å². The number of nitrogens with one attached hydrogen (secondary N) is 1. The molecule has 7 nitrogen and oxygen atoms in total. The number of hydrogen-bond acceptors (Lipinski definition) is 6. The van der Waals surface area contributed by atoms with Crippen LogP contribution in [-0.4, -0.2) is 22.4 Å². The molecule has 144 valence electrons. The summed E-state index contributed by atoms with van der Waals surface area (Å²) in [5, 5.41) is 16.2. The molecule has 0 atom stereocenters. The Bertz CT molecular complexity index is 1030. The van der Waals surface area contributed by atoms with E-state index in [2.05, 4.69) is 26.2 Å². The van der Waals surface area contributed by atoms with E-state index >= 15 is 0 Å². The maximum absolute atomic E-state index is 12.2. The Morgan fingerprint density at radius 3 is 2.68 bits per heavy atom. The lowest BCUT2D eigenvalue weighted by Gasteiger charge is -2.10. The zero-order valence-electron chi connectivity index (χ0n) is 15.1. The van der Waals surface area contributed by atoms with Gasteiger partial charge in [0.15, 0.2) is 11.7 Å². The van der Waals surface area contributed by atoms with Crippen LogP contribution in [0.3, 0.4) is 0 Å². The summed E-state index contributed by atoms with van der Waals surface area (Å²) in [6.45, 7) is 3.12. The second-order valence-corrected chi connectivity index (χ2v) is 7.84. The third-order valence-corrected chi connectivity index (χ3v) is 5.12. The molecule has 0 bridgehead atoms. The molecule has 0 fully saturated rings. The second-order valence-electron chi connectivity index (χ2n) is 6.07. The number of benzene rings is 2. The maximum Gasteiger partial charge on any atom is 0.311 e. The molecule has 3 rings (SSSR count). The van der Waals surface area contributed by atoms with Crippen molar-refractivity contribution in [1.82, 2.24) is 4.98 Å². The number of nitrogens with zero attached hydrogens (tertiary/aromatic N) is 2. The minimum absolute atomic E-state index is 0.0976. The lowest BCUT2D eigenvalue weighted by Crippen LogP contribution is -2.20. The second kappa shape index (κ2) is 8.49. The predicted octanol–water partition coefficient (Wildman–Crippen LogP) is 5.12. The number of carbonyl (C=O) groups is 1. The number of anilines is 1. The molecular weight excluding hydrogens is 446 g/mol. The summed E-state index contributed by atoms with van der Waals surface area (Å²) in [7, 11) is 0. The van der Waals surface area contributed by atoms with Crippen molar-refractivity contribution in [2.45, 2.75) is 13.8 Å². The van der Waals surface area contributed by atoms with Gasteiger partial charge in [-0.1, -0.05) is 34.1 Å². The number of nitro benzene ring substituents is 1. The number of aromatic nitrogens is 1. The average molecular weight is 462 g/mol. The highest BCUT2D eigenvalue weighted by atomic mass is 79.9. The number of hydrogen-bond donors (Lipinski definition) is 1. The molecule has 3 aromatic rings. The van der Waals surface area contributed by atoms with E-state index in [0.29, 0.717) is 10.7 Å². The SMILES string of the molecule is Cc1cc(C)c(OCC(=O)Nc2nc(-c3ccc(Br)cc3)cs2)c([N+](=O)[O-])c1. The Kier molecular flexibility index (Phi) is 6.05. The fraction of sp³-hybridized carbons (Fsp3) is 0.158. The average Bonchev–Trinajstić information content (AvgIpc) is 3.09. The summed E-state index contributed by atoms with van der Waals surface area (Å²) in [4.78, 5) is 27.3. The third-order valence-electron chi connectivity index (χ3n) is 3.83. The summed E-state index contributed by atoms with van der Waals surface area (Å²) >= 11 is 4.68. The van der Waals surface area contributed by atoms with Crippen LogP contribution in [0.15, 0.2) is 46.3 Å². The Balaban J connectivity index is 1.66. The minimum atomic E-state index is -0.515. The highest BCUT2D eigenvalue weighted by Crippen LogP contribution is 2.32. The van der Waals surface area contributed by atoms with Crippen LogP contribution in [0, 0.1) is 24.0 Å². The van der Waals surface area contributed by atoms with Crippen LogP contribution in [0.4, 0.5) is 10.8 Å². The van der Waals surface area contributed by atoms with Crippen molar-refractivity contribution in [2.24, 2.45) is 0 Å². The van der Waals surface area contributed by atoms with Crippen molar-refractivity contribution in [3.05, 3.63) is 67.5 Å². The van der Waals surface area contributed by atoms with Crippen LogP contribution in [0.1, 0.15) is 11.1 Å². The molecule has 0 saturated heterocycles. The van der Waals surface area contributed by atoms with Crippen LogP contribution in [0.25, 0.3) is 11.3 Å². The van der Waals surface area contributed by atoms with Gasteiger partial charge in [0.05, 0.1) is 10.6 Å². The van der Waals surface area contributed by atoms with Crippen molar-refractivity contribution in [3.8, 4) is 17.0 Å². The first-order valence-electron chi connectivity index (χ1n) is 8.23. The fourth-order valence-corrected chi connectivity index (χ4v) is 3.63. The van der Waals surface area contributed by atoms with E-state index in [9.17, 15) is 14.9 Å². The molecule has 0 aliphatic heterocycles. The smallest absolute Gasteiger partial charge is 0.311 e. The van der Waals surface area contributed by atoms with Gasteiger partial charge >= 0.3 is 5.69 Å². The molecule has 0 saturated carbocycles. The number of aryl methyl sites for hydroxylation is 2. The molecule has 9 heteroatoms. The zero-order chi connectivity index (χ0) is 20.3. The molecule has 0 aliphatic rings. The molecular formula is C19H16BrN3O4S. The topological polar surface area (TPSA) is 94.4 Å². The van der Waals surface area contributed by atoms with Gasteiger partial charge in [-0.2, -0.15) is 0 Å². The van der Waals surface area contributed by atoms with Gasteiger partial charge in [0, 0.05) is 21.5 Å². The van der Waals surface area contributed by atoms with Crippen molar-refractivity contribution in [1.29, 1.82) is 0 Å². The standard InChI is InChI=1S/C19H16BrN3O4S/c1-11-7-12(2)18(16(8-11)23(25)26)27-9-17(24)22-19-21-15(10-28-19)13-3-5-14(20)6-4-13/h3-8,10H,9H2,1-2H3,(H,21,22,24). The first kappa shape index (κ1) is 20.0. The van der Waals surface area contributed by atoms with Gasteiger partial charge in [-0.15, -0.1) is 11.3 Å². The Labute approximate surface area is 173 Å². The first-order valence-corrected chi connectivity index (χ1v) is 9.90. The lowest BCUT2D eigenvalue weighted by molar-refractivity contribution is -0.385. The van der Waals surface area contributed by atoms with Gasteiger partial charge in [-0.3, -0.25) is 20.2 Å². The number of amides is 1. The van der Waals surface area contributed by atoms with Crippen molar-refractivity contribution in [3.63, 3.8) is 0 Å². The number of nitro groups is 1. The summed E-state index contributed by atoms with van der Waals surface area (Å²) in [5.74, 6) is -0.341. The lowest BCUT2D eigenvalue weighted by atomic mass is 10.1. The van der Waals surface area contributed by atoms with Crippen LogP contribution in [0.5, 0.6) is 5.75 Å². The van der Waals surface area contributed by atoms with Crippen LogP contribution >= 0.6 is 27.3 Å². The van der Waals surface area contributed by atoms with Crippen LogP contribution in [-0.2, 0) is 4.79 Å². The van der Waals surface area contributed by atoms with Gasteiger partial charge in [0.1, 0.15) is 0 Å². The van der Waals surface area contributed by atoms with Crippen LogP contribution in [0.2, 0.25) is 0 Å². The van der Waals surface area contributed by atoms with E-state index in [-0.39, 0.29) is 18.0 Å². The molecule has 0 spiro atoms. The highest BCUT2D eigenvalue weighted by Gasteiger charge is 2.20. The minimum Gasteiger partial charge on any atom is -0.477 e. The number of ether oxygens (including phenoxy) is 1. The molecule has 0 radical (unpaired) electrons. The van der Waals surface area contributed by atoms with E-state index in [1.807, 2.05) is 29.6 Å². The molecule has 1 N–H and O–H groups in total. The van der Waals surface area contributed by atoms with Gasteiger partial charge in [-0.25, -0.2) is 4.98 Å². The quantitative estimate of drug-likeness (QED) is 0.406. The molecule has 1 heterocycles. The number of thiazole rings is 1. The zero-order valence-corrected chi connectivity index (χ0v) is 17.5. The molecule has 0 aliphatic carbocycles. The van der Waals surface area contributed by atoms with Crippen molar-refractivity contribution >= 4 is 44.0 Å². The Hall–Kier alpha value is -2.78. The molecule has 1 aromatic heterocycles. The number of carbonyl (C=O) groups excluding carboxylic acids is 1. The molecule has 28 heavy (non-hydrogen) atoms. The summed E-state index contributed by atoms with van der Waals surface area (Å²) in [6.07, 6.45) is 0. The summed E-state index contributed by atoms with van der Waals surface area (Å²) in [6, 6.07) is 10.9. The Morgan fingerprint density at radius 2 is 2.00 bits per heavy atom. The monoisotopic (exact) mass is 461 g/mol. The van der Waals surface area contributed by atoms with Crippen molar-refractivity contribution in [2.75, 3.05) is 11.9 Å². The maximum atomic E-state index is 12.2. The van der Waals surface area contributed by atoms with Gasteiger partial charge < -0.3 is 4.74 Å². The Morgan fingerprint density at radius 1 is 1.29 bits per heavy atom. The van der Waals surface area contributed by atoms with E-state index in [1.54, 1.807) is 19.9 Å². The van der Waals surface area contributed by atoms with E-state index in [4.69, 9.17) is 4.74 Å². The fourth-order valence-electron chi connectivity index (χ4n) is 2.63. The first-order chi connectivity index (χ1) is 13.3. The molecule has 0 unspecified atom stereocenters. The summed E-state index contributed by atoms with van der Waals surface area (Å²) in [5.41, 5.74) is 2.88. The molecule has 1 amide bonds. The number of rotatable bonds is 6. The van der Waals surface area contributed by atoms with Crippen molar-refractivity contribution < 1.29 is 14.5 Å². The predicted molar refractivity (Wildman–Crippen MR) is 112 cm³/mol. The largest absolute Gasteiger partial charge is 0.477 e. The van der Waals surface area contributed by atoms with Gasteiger partial charge in [-0.05, 0) is 37.1 Å². The van der Waals surface area contributed by atoms with Crippen LogP contribution < -0.4 is 10.1 Å². The molecule has 2 aromatic carbocycles.